The molecule has 0 unspecified atom stereocenters. The van der Waals surface area contributed by atoms with Gasteiger partial charge in [0, 0.05) is 0 Å². The number of rotatable bonds is 6. The fourth-order valence-electron chi connectivity index (χ4n) is 7.01. The van der Waals surface area contributed by atoms with Gasteiger partial charge in [0.25, 0.3) is 0 Å². The van der Waals surface area contributed by atoms with Crippen molar-refractivity contribution >= 4 is 0 Å². The monoisotopic (exact) mass is 428 g/mol. The van der Waals surface area contributed by atoms with Crippen LogP contribution in [-0.2, 0) is 26.0 Å². The molecule has 0 radical (unpaired) electrons. The van der Waals surface area contributed by atoms with Crippen LogP contribution in [-0.4, -0.2) is 12.2 Å². The number of hydrogen-bond acceptors (Lipinski definition) is 3. The van der Waals surface area contributed by atoms with Crippen molar-refractivity contribution in [3.63, 3.8) is 0 Å². The maximum absolute atomic E-state index is 15.7. The number of hydrogen-bond donors (Lipinski definition) is 0. The van der Waals surface area contributed by atoms with Crippen LogP contribution in [0.2, 0.25) is 8.45 Å². The van der Waals surface area contributed by atoms with Crippen LogP contribution in [0.25, 0.3) is 0 Å². The summed E-state index contributed by atoms with van der Waals surface area (Å²) in [6, 6.07) is 0. The van der Waals surface area contributed by atoms with E-state index in [0.29, 0.717) is 0 Å². The van der Waals surface area contributed by atoms with Crippen LogP contribution in [0.4, 0.5) is 0 Å². The molecular formula is C24H44O3Ti. The Kier molecular flexibility index (Phi) is 7.51. The molecule has 4 aliphatic carbocycles. The summed E-state index contributed by atoms with van der Waals surface area (Å²) in [5.41, 5.74) is 0. The third-order valence-electron chi connectivity index (χ3n) is 8.58. The first-order chi connectivity index (χ1) is 13.7. The molecular weight excluding hydrogens is 384 g/mol. The van der Waals surface area contributed by atoms with Gasteiger partial charge in [0.15, 0.2) is 0 Å². The van der Waals surface area contributed by atoms with Crippen molar-refractivity contribution in [2.24, 2.45) is 0 Å². The third kappa shape index (κ3) is 4.68. The molecule has 0 spiro atoms. The van der Waals surface area contributed by atoms with Crippen molar-refractivity contribution < 1.29 is 26.0 Å². The van der Waals surface area contributed by atoms with E-state index < -0.39 is 16.1 Å². The van der Waals surface area contributed by atoms with Crippen molar-refractivity contribution in [1.29, 1.82) is 0 Å². The van der Waals surface area contributed by atoms with Crippen LogP contribution in [0.3, 0.4) is 0 Å². The third-order valence-corrected chi connectivity index (χ3v) is 17.5. The van der Waals surface area contributed by atoms with Crippen LogP contribution in [0.5, 0.6) is 0 Å². The summed E-state index contributed by atoms with van der Waals surface area (Å²) in [6.45, 7) is 0. The minimum absolute atomic E-state index is 0.204. The van der Waals surface area contributed by atoms with Gasteiger partial charge in [-0.1, -0.05) is 0 Å². The molecule has 0 saturated heterocycles. The first-order valence-corrected chi connectivity index (χ1v) is 16.6. The Bertz CT molecular complexity index is 488. The Labute approximate surface area is 174 Å². The minimum atomic E-state index is -4.84. The van der Waals surface area contributed by atoms with E-state index in [-0.39, 0.29) is 20.7 Å². The van der Waals surface area contributed by atoms with Gasteiger partial charge in [-0.05, 0) is 0 Å². The molecule has 0 atom stereocenters. The Morgan fingerprint density at radius 3 is 1.04 bits per heavy atom. The second-order valence-electron chi connectivity index (χ2n) is 10.5. The van der Waals surface area contributed by atoms with E-state index >= 15 is 3.32 Å². The van der Waals surface area contributed by atoms with Gasteiger partial charge in [-0.3, -0.25) is 0 Å². The van der Waals surface area contributed by atoms with Crippen LogP contribution in [0.1, 0.15) is 128 Å². The quantitative estimate of drug-likeness (QED) is 0.401. The molecule has 0 bridgehead atoms. The first-order valence-electron chi connectivity index (χ1n) is 12.9. The molecule has 0 aromatic heterocycles. The maximum atomic E-state index is 15.7. The molecule has 162 valence electrons. The van der Waals surface area contributed by atoms with Crippen LogP contribution in [0.15, 0.2) is 0 Å². The van der Waals surface area contributed by atoms with Crippen molar-refractivity contribution in [1.82, 2.24) is 0 Å². The summed E-state index contributed by atoms with van der Waals surface area (Å²) >= 11 is -4.84. The van der Waals surface area contributed by atoms with E-state index in [0.717, 1.165) is 51.4 Å². The van der Waals surface area contributed by atoms with E-state index in [2.05, 4.69) is 0 Å². The van der Waals surface area contributed by atoms with E-state index in [1.165, 1.54) is 77.0 Å². The molecule has 4 fully saturated rings. The van der Waals surface area contributed by atoms with Crippen LogP contribution in [0, 0.1) is 0 Å². The normalized spacial score (nSPS) is 28.5. The van der Waals surface area contributed by atoms with Crippen molar-refractivity contribution in [3.05, 3.63) is 0 Å². The van der Waals surface area contributed by atoms with E-state index in [1.807, 2.05) is 0 Å². The first kappa shape index (κ1) is 21.7. The zero-order valence-corrected chi connectivity index (χ0v) is 19.7. The van der Waals surface area contributed by atoms with E-state index in [4.69, 9.17) is 6.64 Å². The fraction of sp³-hybridized carbons (Fsp3) is 1.00. The zero-order chi connectivity index (χ0) is 19.3. The molecule has 3 nitrogen and oxygen atoms in total. The zero-order valence-electron chi connectivity index (χ0n) is 18.2. The van der Waals surface area contributed by atoms with Gasteiger partial charge in [0.1, 0.15) is 0 Å². The fourth-order valence-corrected chi connectivity index (χ4v) is 16.7. The molecule has 0 amide bonds. The second-order valence-corrected chi connectivity index (χ2v) is 17.3. The van der Waals surface area contributed by atoms with Crippen molar-refractivity contribution in [2.75, 3.05) is 0 Å². The van der Waals surface area contributed by atoms with Crippen LogP contribution < -0.4 is 0 Å². The SMILES string of the molecule is [O]=[Ti]([O]C1CCCCC1)([O]C1CCCCC1)([CH]1CCCCC1)[CH]1CCCCC1. The Morgan fingerprint density at radius 1 is 0.429 bits per heavy atom. The van der Waals surface area contributed by atoms with Crippen molar-refractivity contribution in [3.8, 4) is 0 Å². The molecule has 0 aliphatic heterocycles. The van der Waals surface area contributed by atoms with Crippen molar-refractivity contribution in [2.45, 2.75) is 149 Å². The predicted molar refractivity (Wildman–Crippen MR) is 110 cm³/mol. The molecule has 0 heterocycles. The molecule has 0 N–H and O–H groups in total. The molecule has 0 aromatic carbocycles. The van der Waals surface area contributed by atoms with Gasteiger partial charge in [-0.2, -0.15) is 0 Å². The Hall–Kier alpha value is 0.434. The summed E-state index contributed by atoms with van der Waals surface area (Å²) in [4.78, 5) is 0. The Morgan fingerprint density at radius 2 is 0.714 bits per heavy atom. The standard InChI is InChI=1S/2C6H11O.2C6H11.O.Ti/c2*7-6-4-2-1-3-5-6;2*1-2-4-6-5-3-1;;/h2*6H,1-5H2;2*1H,2-6H2;;/q2*-1;;;;+2. The van der Waals surface area contributed by atoms with E-state index in [9.17, 15) is 0 Å². The molecule has 4 saturated carbocycles. The topological polar surface area (TPSA) is 35.5 Å². The average Bonchev–Trinajstić information content (AvgIpc) is 2.76. The molecule has 0 aromatic rings. The second kappa shape index (κ2) is 9.71. The molecule has 28 heavy (non-hydrogen) atoms. The van der Waals surface area contributed by atoms with Gasteiger partial charge in [-0.25, -0.2) is 0 Å². The van der Waals surface area contributed by atoms with E-state index in [1.54, 1.807) is 0 Å². The van der Waals surface area contributed by atoms with Gasteiger partial charge in [0.2, 0.25) is 0 Å². The van der Waals surface area contributed by atoms with Gasteiger partial charge in [-0.15, -0.1) is 0 Å². The van der Waals surface area contributed by atoms with Crippen LogP contribution >= 0.6 is 0 Å². The average molecular weight is 428 g/mol. The molecule has 4 heteroatoms. The molecule has 4 rings (SSSR count). The van der Waals surface area contributed by atoms with Gasteiger partial charge >= 0.3 is 175 Å². The Balaban J connectivity index is 1.68. The van der Waals surface area contributed by atoms with Gasteiger partial charge in [0.05, 0.1) is 0 Å². The summed E-state index contributed by atoms with van der Waals surface area (Å²) < 4.78 is 30.3. The summed E-state index contributed by atoms with van der Waals surface area (Å²) in [5, 5.41) is 0. The summed E-state index contributed by atoms with van der Waals surface area (Å²) in [5.74, 6) is 0. The molecule has 4 aliphatic rings. The van der Waals surface area contributed by atoms with Gasteiger partial charge < -0.3 is 0 Å². The summed E-state index contributed by atoms with van der Waals surface area (Å²) in [6.07, 6.45) is 24.3. The summed E-state index contributed by atoms with van der Waals surface area (Å²) in [7, 11) is 0. The predicted octanol–water partition coefficient (Wildman–Crippen LogP) is 8.06.